The number of hydrogen-bond donors (Lipinski definition) is 1. The Bertz CT molecular complexity index is 1270. The highest BCUT2D eigenvalue weighted by molar-refractivity contribution is 7.16. The van der Waals surface area contributed by atoms with Gasteiger partial charge in [0.2, 0.25) is 0 Å². The van der Waals surface area contributed by atoms with Crippen LogP contribution in [0.25, 0.3) is 0 Å². The second-order valence-electron chi connectivity index (χ2n) is 9.84. The minimum absolute atomic E-state index is 0.0632. The zero-order valence-electron chi connectivity index (χ0n) is 19.7. The number of rotatable bonds is 4. The van der Waals surface area contributed by atoms with Gasteiger partial charge < -0.3 is 5.32 Å². The summed E-state index contributed by atoms with van der Waals surface area (Å²) in [6.45, 7) is 6.58. The number of benzene rings is 2. The third-order valence-corrected chi connectivity index (χ3v) is 7.49. The van der Waals surface area contributed by atoms with E-state index in [-0.39, 0.29) is 11.1 Å². The van der Waals surface area contributed by atoms with Crippen molar-refractivity contribution in [3.05, 3.63) is 81.5 Å². The van der Waals surface area contributed by atoms with Crippen molar-refractivity contribution in [3.8, 4) is 0 Å². The second kappa shape index (κ2) is 9.57. The standard InChI is InChI=1S/C27H26F4N2OS/c1-26(2,3)17-10-11-21-22(14-17)35-25(32-15-16-6-4-8-19(28)12-16)23(21)24(34)33-20-9-5-7-18(13-20)27(29,30)31/h4-9,12-13,15,17H,10-11,14H2,1-3H3,(H,33,34). The van der Waals surface area contributed by atoms with Crippen LogP contribution in [0.2, 0.25) is 0 Å². The van der Waals surface area contributed by atoms with Gasteiger partial charge in [-0.25, -0.2) is 9.38 Å². The zero-order chi connectivity index (χ0) is 25.4. The summed E-state index contributed by atoms with van der Waals surface area (Å²) in [5.41, 5.74) is 1.16. The zero-order valence-corrected chi connectivity index (χ0v) is 20.5. The van der Waals surface area contributed by atoms with Crippen molar-refractivity contribution in [2.75, 3.05) is 5.32 Å². The van der Waals surface area contributed by atoms with Crippen LogP contribution in [0.3, 0.4) is 0 Å². The smallest absolute Gasteiger partial charge is 0.322 e. The van der Waals surface area contributed by atoms with Gasteiger partial charge in [-0.2, -0.15) is 13.2 Å². The molecule has 1 aromatic heterocycles. The quantitative estimate of drug-likeness (QED) is 0.285. The van der Waals surface area contributed by atoms with E-state index in [2.05, 4.69) is 31.1 Å². The van der Waals surface area contributed by atoms with Crippen LogP contribution in [0.15, 0.2) is 53.5 Å². The van der Waals surface area contributed by atoms with Crippen LogP contribution >= 0.6 is 11.3 Å². The molecule has 184 valence electrons. The van der Waals surface area contributed by atoms with Crippen molar-refractivity contribution in [1.82, 2.24) is 0 Å². The normalized spacial score (nSPS) is 16.4. The number of aliphatic imine (C=N–C) groups is 1. The Kier molecular flexibility index (Phi) is 6.86. The van der Waals surface area contributed by atoms with Crippen molar-refractivity contribution >= 4 is 34.1 Å². The molecular weight excluding hydrogens is 476 g/mol. The van der Waals surface area contributed by atoms with Crippen molar-refractivity contribution in [1.29, 1.82) is 0 Å². The highest BCUT2D eigenvalue weighted by Crippen LogP contribution is 2.45. The van der Waals surface area contributed by atoms with Gasteiger partial charge in [-0.3, -0.25) is 4.79 Å². The van der Waals surface area contributed by atoms with Gasteiger partial charge >= 0.3 is 6.18 Å². The van der Waals surface area contributed by atoms with E-state index >= 15 is 0 Å². The Hall–Kier alpha value is -3.00. The van der Waals surface area contributed by atoms with Gasteiger partial charge in [-0.05, 0) is 72.1 Å². The number of anilines is 1. The molecule has 1 amide bonds. The van der Waals surface area contributed by atoms with Gasteiger partial charge in [0.05, 0.1) is 11.1 Å². The lowest BCUT2D eigenvalue weighted by atomic mass is 9.72. The molecule has 0 fully saturated rings. The summed E-state index contributed by atoms with van der Waals surface area (Å²) >= 11 is 1.42. The molecule has 1 atom stereocenters. The number of halogens is 4. The van der Waals surface area contributed by atoms with Gasteiger partial charge in [0.25, 0.3) is 5.91 Å². The van der Waals surface area contributed by atoms with E-state index in [0.29, 0.717) is 28.5 Å². The van der Waals surface area contributed by atoms with E-state index in [1.54, 1.807) is 12.1 Å². The highest BCUT2D eigenvalue weighted by Gasteiger charge is 2.34. The monoisotopic (exact) mass is 502 g/mol. The predicted octanol–water partition coefficient (Wildman–Crippen LogP) is 8.06. The van der Waals surface area contributed by atoms with Crippen LogP contribution in [-0.4, -0.2) is 12.1 Å². The van der Waals surface area contributed by atoms with Crippen LogP contribution in [0.1, 0.15) is 59.1 Å². The average molecular weight is 503 g/mol. The molecule has 1 aliphatic carbocycles. The number of fused-ring (bicyclic) bond motifs is 1. The lowest BCUT2D eigenvalue weighted by Crippen LogP contribution is -2.27. The summed E-state index contributed by atoms with van der Waals surface area (Å²) in [6.07, 6.45) is -0.602. The number of carbonyl (C=O) groups excluding carboxylic acids is 1. The summed E-state index contributed by atoms with van der Waals surface area (Å²) in [5.74, 6) is -0.453. The molecule has 0 radical (unpaired) electrons. The highest BCUT2D eigenvalue weighted by atomic mass is 32.1. The number of thiophene rings is 1. The van der Waals surface area contributed by atoms with Crippen molar-refractivity contribution in [2.45, 2.75) is 46.2 Å². The first-order valence-electron chi connectivity index (χ1n) is 11.3. The van der Waals surface area contributed by atoms with Gasteiger partial charge in [-0.15, -0.1) is 11.3 Å². The van der Waals surface area contributed by atoms with Crippen LogP contribution < -0.4 is 5.32 Å². The molecule has 0 aliphatic heterocycles. The molecule has 3 nitrogen and oxygen atoms in total. The molecule has 8 heteroatoms. The predicted molar refractivity (Wildman–Crippen MR) is 132 cm³/mol. The Morgan fingerprint density at radius 1 is 1.11 bits per heavy atom. The molecule has 0 bridgehead atoms. The van der Waals surface area contributed by atoms with E-state index in [9.17, 15) is 22.4 Å². The first-order valence-corrected chi connectivity index (χ1v) is 12.2. The molecule has 2 aromatic carbocycles. The van der Waals surface area contributed by atoms with Crippen molar-refractivity contribution < 1.29 is 22.4 Å². The maximum Gasteiger partial charge on any atom is 0.416 e. The summed E-state index contributed by atoms with van der Waals surface area (Å²) in [7, 11) is 0. The lowest BCUT2D eigenvalue weighted by Gasteiger charge is -2.33. The Morgan fingerprint density at radius 3 is 2.54 bits per heavy atom. The summed E-state index contributed by atoms with van der Waals surface area (Å²) < 4.78 is 53.0. The minimum atomic E-state index is -4.51. The molecule has 0 saturated heterocycles. The SMILES string of the molecule is CC(C)(C)C1CCc2c(sc(N=Cc3cccc(F)c3)c2C(=O)Nc2cccc(C(F)(F)F)c2)C1. The molecule has 1 unspecified atom stereocenters. The van der Waals surface area contributed by atoms with E-state index in [1.807, 2.05) is 0 Å². The van der Waals surface area contributed by atoms with Gasteiger partial charge in [0.1, 0.15) is 10.8 Å². The fourth-order valence-electron chi connectivity index (χ4n) is 4.32. The number of hydrogen-bond acceptors (Lipinski definition) is 3. The molecular formula is C27H26F4N2OS. The molecule has 3 aromatic rings. The number of alkyl halides is 3. The molecule has 4 rings (SSSR count). The minimum Gasteiger partial charge on any atom is -0.322 e. The average Bonchev–Trinajstić information content (AvgIpc) is 3.14. The van der Waals surface area contributed by atoms with E-state index in [0.717, 1.165) is 35.4 Å². The van der Waals surface area contributed by atoms with Crippen LogP contribution in [0, 0.1) is 17.2 Å². The second-order valence-corrected chi connectivity index (χ2v) is 10.9. The first kappa shape index (κ1) is 25.1. The molecule has 1 aliphatic rings. The van der Waals surface area contributed by atoms with Gasteiger partial charge in [-0.1, -0.05) is 39.0 Å². The largest absolute Gasteiger partial charge is 0.416 e. The summed E-state index contributed by atoms with van der Waals surface area (Å²) in [4.78, 5) is 18.9. The summed E-state index contributed by atoms with van der Waals surface area (Å²) in [5, 5.41) is 3.10. The number of nitrogens with one attached hydrogen (secondary N) is 1. The maximum absolute atomic E-state index is 13.6. The van der Waals surface area contributed by atoms with E-state index < -0.39 is 23.5 Å². The first-order chi connectivity index (χ1) is 16.4. The Morgan fingerprint density at radius 2 is 1.86 bits per heavy atom. The van der Waals surface area contributed by atoms with Gasteiger partial charge in [0.15, 0.2) is 0 Å². The fourth-order valence-corrected chi connectivity index (χ4v) is 5.59. The van der Waals surface area contributed by atoms with Crippen LogP contribution in [-0.2, 0) is 19.0 Å². The molecule has 35 heavy (non-hydrogen) atoms. The van der Waals surface area contributed by atoms with Crippen LogP contribution in [0.4, 0.5) is 28.3 Å². The Balaban J connectivity index is 1.70. The van der Waals surface area contributed by atoms with E-state index in [4.69, 9.17) is 0 Å². The molecule has 0 saturated carbocycles. The van der Waals surface area contributed by atoms with E-state index in [1.165, 1.54) is 41.8 Å². The van der Waals surface area contributed by atoms with Gasteiger partial charge in [0, 0.05) is 16.8 Å². The lowest BCUT2D eigenvalue weighted by molar-refractivity contribution is -0.137. The third-order valence-electron chi connectivity index (χ3n) is 6.33. The Labute approximate surface area is 205 Å². The molecule has 0 spiro atoms. The third kappa shape index (κ3) is 5.81. The molecule has 1 heterocycles. The number of amides is 1. The number of carbonyl (C=O) groups is 1. The summed E-state index contributed by atoms with van der Waals surface area (Å²) in [6, 6.07) is 10.5. The topological polar surface area (TPSA) is 41.5 Å². The van der Waals surface area contributed by atoms with Crippen molar-refractivity contribution in [2.24, 2.45) is 16.3 Å². The number of nitrogens with zero attached hydrogens (tertiary/aromatic N) is 1. The van der Waals surface area contributed by atoms with Crippen LogP contribution in [0.5, 0.6) is 0 Å². The van der Waals surface area contributed by atoms with Crippen molar-refractivity contribution in [3.63, 3.8) is 0 Å². The fraction of sp³-hybridized carbons (Fsp3) is 0.333. The molecule has 1 N–H and O–H groups in total. The maximum atomic E-state index is 13.6.